The number of benzene rings is 2. The summed E-state index contributed by atoms with van der Waals surface area (Å²) in [6.45, 7) is 6.61. The van der Waals surface area contributed by atoms with E-state index in [0.29, 0.717) is 23.4 Å². The van der Waals surface area contributed by atoms with Crippen molar-refractivity contribution < 1.29 is 19.1 Å². The van der Waals surface area contributed by atoms with Gasteiger partial charge in [0.05, 0.1) is 17.9 Å². The van der Waals surface area contributed by atoms with Crippen LogP contribution >= 0.6 is 11.8 Å². The van der Waals surface area contributed by atoms with Crippen LogP contribution in [0.3, 0.4) is 0 Å². The highest BCUT2D eigenvalue weighted by Gasteiger charge is 2.15. The molecule has 1 N–H and O–H groups in total. The van der Waals surface area contributed by atoms with Gasteiger partial charge in [0, 0.05) is 10.5 Å². The Hall–Kier alpha value is -2.73. The maximum Gasteiger partial charge on any atom is 0.338 e. The first-order chi connectivity index (χ1) is 17.5. The average Bonchev–Trinajstić information content (AvgIpc) is 2.88. The summed E-state index contributed by atoms with van der Waals surface area (Å²) >= 11 is 1.50. The molecule has 5 nitrogen and oxygen atoms in total. The van der Waals surface area contributed by atoms with Gasteiger partial charge in [-0.1, -0.05) is 57.9 Å². The van der Waals surface area contributed by atoms with Gasteiger partial charge in [0.2, 0.25) is 0 Å². The Labute approximate surface area is 221 Å². The monoisotopic (exact) mass is 511 g/mol. The number of thioether (sulfide) groups is 1. The Bertz CT molecular complexity index is 971. The summed E-state index contributed by atoms with van der Waals surface area (Å²) in [5.41, 5.74) is 1.50. The predicted octanol–water partition coefficient (Wildman–Crippen LogP) is 8.30. The number of esters is 1. The third-order valence-electron chi connectivity index (χ3n) is 5.82. The number of ether oxygens (including phenoxy) is 2. The molecule has 2 aromatic carbocycles. The Balaban J connectivity index is 1.87. The minimum atomic E-state index is -0.429. The second-order valence-corrected chi connectivity index (χ2v) is 9.70. The van der Waals surface area contributed by atoms with Crippen LogP contribution in [0.5, 0.6) is 5.75 Å². The molecule has 1 unspecified atom stereocenters. The third kappa shape index (κ3) is 10.5. The van der Waals surface area contributed by atoms with Gasteiger partial charge in [-0.3, -0.25) is 4.79 Å². The first kappa shape index (κ1) is 29.5. The topological polar surface area (TPSA) is 64.6 Å². The van der Waals surface area contributed by atoms with Gasteiger partial charge in [0.25, 0.3) is 5.91 Å². The highest BCUT2D eigenvalue weighted by atomic mass is 32.2. The molecular weight excluding hydrogens is 470 g/mol. The molecule has 0 heterocycles. The molecular formula is C30H41NO4S. The Morgan fingerprint density at radius 2 is 1.58 bits per heavy atom. The lowest BCUT2D eigenvalue weighted by Gasteiger charge is -2.13. The van der Waals surface area contributed by atoms with Crippen molar-refractivity contribution in [3.63, 3.8) is 0 Å². The van der Waals surface area contributed by atoms with Gasteiger partial charge in [0.15, 0.2) is 0 Å². The van der Waals surface area contributed by atoms with E-state index < -0.39 is 5.97 Å². The molecule has 0 fully saturated rings. The van der Waals surface area contributed by atoms with Crippen LogP contribution in [0, 0.1) is 0 Å². The van der Waals surface area contributed by atoms with Crippen LogP contribution in [-0.2, 0) is 4.74 Å². The van der Waals surface area contributed by atoms with Gasteiger partial charge in [-0.2, -0.15) is 0 Å². The molecule has 0 bridgehead atoms. The molecule has 0 saturated carbocycles. The first-order valence-corrected chi connectivity index (χ1v) is 14.3. The summed E-state index contributed by atoms with van der Waals surface area (Å²) in [6, 6.07) is 12.4. The highest BCUT2D eigenvalue weighted by Crippen LogP contribution is 2.28. The summed E-state index contributed by atoms with van der Waals surface area (Å²) in [7, 11) is 0. The zero-order valence-corrected chi connectivity index (χ0v) is 23.0. The van der Waals surface area contributed by atoms with Gasteiger partial charge in [-0.05, 0) is 75.1 Å². The van der Waals surface area contributed by atoms with Crippen molar-refractivity contribution in [3.8, 4) is 5.75 Å². The van der Waals surface area contributed by atoms with E-state index >= 15 is 0 Å². The van der Waals surface area contributed by atoms with E-state index in [1.165, 1.54) is 56.7 Å². The van der Waals surface area contributed by atoms with E-state index in [9.17, 15) is 9.59 Å². The summed E-state index contributed by atoms with van der Waals surface area (Å²) in [5.74, 6) is 0.0914. The first-order valence-electron chi connectivity index (χ1n) is 13.0. The smallest absolute Gasteiger partial charge is 0.338 e. The van der Waals surface area contributed by atoms with E-state index in [2.05, 4.69) is 12.2 Å². The number of carbonyl (C=O) groups is 2. The number of nitrogens with one attached hydrogen (secondary N) is 1. The molecule has 1 amide bonds. The van der Waals surface area contributed by atoms with Crippen LogP contribution in [0.4, 0.5) is 5.69 Å². The fraction of sp³-hybridized carbons (Fsp3) is 0.467. The molecule has 6 heteroatoms. The number of hydrogen-bond acceptors (Lipinski definition) is 5. The lowest BCUT2D eigenvalue weighted by atomic mass is 10.1. The second kappa shape index (κ2) is 16.9. The Morgan fingerprint density at radius 3 is 2.22 bits per heavy atom. The number of unbranched alkanes of at least 4 members (excludes halogenated alkanes) is 7. The van der Waals surface area contributed by atoms with E-state index in [4.69, 9.17) is 9.47 Å². The molecule has 2 aromatic rings. The fourth-order valence-electron chi connectivity index (χ4n) is 3.80. The summed E-state index contributed by atoms with van der Waals surface area (Å²) in [6.07, 6.45) is 15.4. The van der Waals surface area contributed by atoms with Crippen LogP contribution in [0.1, 0.15) is 92.9 Å². The zero-order valence-electron chi connectivity index (χ0n) is 22.2. The standard InChI is InChI=1S/C30H41NO4S/c1-5-7-8-9-10-11-12-13-21-34-26-18-15-24(16-19-26)29(32)31-27-22-25(17-20-28(27)36-4)30(33)35-23(3)14-6-2/h6,14-20,22-23H,5,7-13,21H2,1-4H3,(H,31,32). The van der Waals surface area contributed by atoms with Crippen LogP contribution < -0.4 is 10.1 Å². The van der Waals surface area contributed by atoms with Crippen molar-refractivity contribution in [2.45, 2.75) is 83.1 Å². The third-order valence-corrected chi connectivity index (χ3v) is 6.62. The molecule has 0 aliphatic carbocycles. The fourth-order valence-corrected chi connectivity index (χ4v) is 4.34. The maximum atomic E-state index is 12.9. The molecule has 0 aliphatic rings. The average molecular weight is 512 g/mol. The minimum Gasteiger partial charge on any atom is -0.494 e. The van der Waals surface area contributed by atoms with Crippen LogP contribution in [0.25, 0.3) is 0 Å². The summed E-state index contributed by atoms with van der Waals surface area (Å²) in [4.78, 5) is 26.2. The second-order valence-electron chi connectivity index (χ2n) is 8.85. The van der Waals surface area contributed by atoms with Gasteiger partial charge >= 0.3 is 5.97 Å². The lowest BCUT2D eigenvalue weighted by Crippen LogP contribution is -2.15. The number of anilines is 1. The van der Waals surface area contributed by atoms with E-state index in [1.807, 2.05) is 37.5 Å². The largest absolute Gasteiger partial charge is 0.494 e. The van der Waals surface area contributed by atoms with Crippen LogP contribution in [0.15, 0.2) is 59.5 Å². The number of carbonyl (C=O) groups excluding carboxylic acids is 2. The van der Waals surface area contributed by atoms with Gasteiger partial charge in [-0.25, -0.2) is 4.79 Å². The molecule has 0 spiro atoms. The molecule has 0 aromatic heterocycles. The lowest BCUT2D eigenvalue weighted by molar-refractivity contribution is 0.0424. The number of amides is 1. The normalized spacial score (nSPS) is 11.9. The molecule has 2 rings (SSSR count). The minimum absolute atomic E-state index is 0.243. The Kier molecular flexibility index (Phi) is 13.8. The SMILES string of the molecule is CC=CC(C)OC(=O)c1ccc(SC)c(NC(=O)c2ccc(OCCCCCCCCCC)cc2)c1. The molecule has 36 heavy (non-hydrogen) atoms. The van der Waals surface area contributed by atoms with Crippen LogP contribution in [0.2, 0.25) is 0 Å². The van der Waals surface area contributed by atoms with Crippen LogP contribution in [-0.4, -0.2) is 30.8 Å². The van der Waals surface area contributed by atoms with Gasteiger partial charge in [-0.15, -0.1) is 11.8 Å². The van der Waals surface area contributed by atoms with E-state index in [-0.39, 0.29) is 12.0 Å². The molecule has 0 saturated heterocycles. The van der Waals surface area contributed by atoms with Crippen molar-refractivity contribution in [1.29, 1.82) is 0 Å². The van der Waals surface area contributed by atoms with E-state index in [1.54, 1.807) is 37.3 Å². The molecule has 0 aliphatic heterocycles. The number of allylic oxidation sites excluding steroid dienone is 1. The number of hydrogen-bond donors (Lipinski definition) is 1. The van der Waals surface area contributed by atoms with Crippen molar-refractivity contribution in [2.75, 3.05) is 18.2 Å². The molecule has 196 valence electrons. The van der Waals surface area contributed by atoms with Crippen molar-refractivity contribution in [2.24, 2.45) is 0 Å². The van der Waals surface area contributed by atoms with E-state index in [0.717, 1.165) is 17.1 Å². The summed E-state index contributed by atoms with van der Waals surface area (Å²) < 4.78 is 11.3. The molecule has 0 radical (unpaired) electrons. The zero-order chi connectivity index (χ0) is 26.2. The van der Waals surface area contributed by atoms with Crippen molar-refractivity contribution >= 4 is 29.3 Å². The summed E-state index contributed by atoms with van der Waals surface area (Å²) in [5, 5.41) is 2.93. The highest BCUT2D eigenvalue weighted by molar-refractivity contribution is 7.98. The van der Waals surface area contributed by atoms with Crippen molar-refractivity contribution in [3.05, 3.63) is 65.7 Å². The molecule has 1 atom stereocenters. The quantitative estimate of drug-likeness (QED) is 0.106. The maximum absolute atomic E-state index is 12.9. The van der Waals surface area contributed by atoms with Gasteiger partial charge in [0.1, 0.15) is 11.9 Å². The van der Waals surface area contributed by atoms with Crippen molar-refractivity contribution in [1.82, 2.24) is 0 Å². The number of rotatable bonds is 16. The Morgan fingerprint density at radius 1 is 0.944 bits per heavy atom. The predicted molar refractivity (Wildman–Crippen MR) is 150 cm³/mol. The van der Waals surface area contributed by atoms with Gasteiger partial charge < -0.3 is 14.8 Å².